The van der Waals surface area contributed by atoms with Gasteiger partial charge >= 0.3 is 0 Å². The summed E-state index contributed by atoms with van der Waals surface area (Å²) >= 11 is 0. The summed E-state index contributed by atoms with van der Waals surface area (Å²) in [4.78, 5) is 0. The van der Waals surface area contributed by atoms with E-state index in [0.29, 0.717) is 0 Å². The van der Waals surface area contributed by atoms with E-state index in [1.807, 2.05) is 16.9 Å². The Kier molecular flexibility index (Phi) is 5.53. The van der Waals surface area contributed by atoms with Gasteiger partial charge in [0.2, 0.25) is 0 Å². The lowest BCUT2D eigenvalue weighted by Crippen LogP contribution is -2.20. The van der Waals surface area contributed by atoms with Gasteiger partial charge in [0, 0.05) is 25.5 Å². The first-order chi connectivity index (χ1) is 10.1. The van der Waals surface area contributed by atoms with Crippen LogP contribution < -0.4 is 5.32 Å². The highest BCUT2D eigenvalue weighted by Gasteiger charge is 2.14. The average Bonchev–Trinajstić information content (AvgIpc) is 3.02. The maximum atomic E-state index is 9.21. The van der Waals surface area contributed by atoms with Crippen LogP contribution in [0.2, 0.25) is 0 Å². The Bertz CT molecular complexity index is 517. The molecule has 114 valence electrons. The molecule has 4 nitrogen and oxygen atoms in total. The van der Waals surface area contributed by atoms with E-state index in [1.165, 1.54) is 5.56 Å². The second-order valence-electron chi connectivity index (χ2n) is 6.22. The molecule has 0 amide bonds. The van der Waals surface area contributed by atoms with Crippen LogP contribution in [-0.2, 0) is 6.54 Å². The van der Waals surface area contributed by atoms with Gasteiger partial charge in [-0.3, -0.25) is 0 Å². The van der Waals surface area contributed by atoms with Crippen LogP contribution in [0.3, 0.4) is 0 Å². The van der Waals surface area contributed by atoms with Gasteiger partial charge in [0.25, 0.3) is 0 Å². The van der Waals surface area contributed by atoms with Crippen molar-refractivity contribution in [2.24, 2.45) is 5.41 Å². The van der Waals surface area contributed by atoms with E-state index in [2.05, 4.69) is 48.5 Å². The number of benzene rings is 1. The Hall–Kier alpha value is -1.65. The van der Waals surface area contributed by atoms with Crippen molar-refractivity contribution in [3.63, 3.8) is 0 Å². The Morgan fingerprint density at radius 1 is 1.24 bits per heavy atom. The molecule has 0 aliphatic carbocycles. The quantitative estimate of drug-likeness (QED) is 0.734. The minimum absolute atomic E-state index is 0.0348. The molecule has 1 aromatic carbocycles. The fourth-order valence-corrected chi connectivity index (χ4v) is 2.19. The lowest BCUT2D eigenvalue weighted by molar-refractivity contribution is 0.148. The lowest BCUT2D eigenvalue weighted by atomic mass is 9.89. The van der Waals surface area contributed by atoms with E-state index in [1.54, 1.807) is 6.20 Å². The summed E-state index contributed by atoms with van der Waals surface area (Å²) in [7, 11) is 0. The van der Waals surface area contributed by atoms with Gasteiger partial charge in [-0.25, -0.2) is 4.68 Å². The molecule has 0 spiro atoms. The third kappa shape index (κ3) is 4.99. The monoisotopic (exact) mass is 287 g/mol. The minimum Gasteiger partial charge on any atom is -0.396 e. The molecule has 21 heavy (non-hydrogen) atoms. The van der Waals surface area contributed by atoms with Gasteiger partial charge in [-0.1, -0.05) is 26.0 Å². The molecule has 2 rings (SSSR count). The Labute approximate surface area is 126 Å². The molecular weight excluding hydrogens is 262 g/mol. The van der Waals surface area contributed by atoms with Gasteiger partial charge < -0.3 is 10.4 Å². The highest BCUT2D eigenvalue weighted by molar-refractivity contribution is 5.33. The second kappa shape index (κ2) is 7.38. The van der Waals surface area contributed by atoms with Crippen LogP contribution in [0.15, 0.2) is 42.7 Å². The van der Waals surface area contributed by atoms with Gasteiger partial charge in [-0.15, -0.1) is 0 Å². The molecular formula is C17H25N3O. The zero-order valence-corrected chi connectivity index (χ0v) is 12.9. The van der Waals surface area contributed by atoms with Crippen molar-refractivity contribution in [2.45, 2.75) is 33.2 Å². The standard InChI is InChI=1S/C17H25N3O/c1-17(2,14-21)9-3-10-18-13-15-5-7-16(8-6-15)20-12-4-11-19-20/h4-8,11-12,18,21H,3,9-10,13-14H2,1-2H3. The smallest absolute Gasteiger partial charge is 0.0645 e. The fourth-order valence-electron chi connectivity index (χ4n) is 2.19. The largest absolute Gasteiger partial charge is 0.396 e. The first kappa shape index (κ1) is 15.7. The summed E-state index contributed by atoms with van der Waals surface area (Å²) in [6, 6.07) is 10.3. The Morgan fingerprint density at radius 3 is 2.62 bits per heavy atom. The third-order valence-electron chi connectivity index (χ3n) is 3.67. The van der Waals surface area contributed by atoms with Gasteiger partial charge in [-0.2, -0.15) is 5.10 Å². The topological polar surface area (TPSA) is 50.1 Å². The van der Waals surface area contributed by atoms with Crippen LogP contribution in [0.25, 0.3) is 5.69 Å². The van der Waals surface area contributed by atoms with Crippen molar-refractivity contribution in [1.29, 1.82) is 0 Å². The lowest BCUT2D eigenvalue weighted by Gasteiger charge is -2.21. The first-order valence-corrected chi connectivity index (χ1v) is 7.51. The van der Waals surface area contributed by atoms with Crippen molar-refractivity contribution in [2.75, 3.05) is 13.2 Å². The van der Waals surface area contributed by atoms with Crippen LogP contribution in [0.1, 0.15) is 32.3 Å². The van der Waals surface area contributed by atoms with Crippen molar-refractivity contribution in [1.82, 2.24) is 15.1 Å². The second-order valence-corrected chi connectivity index (χ2v) is 6.22. The van der Waals surface area contributed by atoms with E-state index in [4.69, 9.17) is 0 Å². The van der Waals surface area contributed by atoms with Crippen LogP contribution in [0.5, 0.6) is 0 Å². The molecule has 2 aromatic rings. The number of aliphatic hydroxyl groups is 1. The molecule has 0 bridgehead atoms. The maximum Gasteiger partial charge on any atom is 0.0645 e. The Morgan fingerprint density at radius 2 is 2.00 bits per heavy atom. The van der Waals surface area contributed by atoms with Crippen molar-refractivity contribution in [3.05, 3.63) is 48.3 Å². The summed E-state index contributed by atoms with van der Waals surface area (Å²) < 4.78 is 1.86. The number of aromatic nitrogens is 2. The molecule has 0 unspecified atom stereocenters. The summed E-state index contributed by atoms with van der Waals surface area (Å²) in [6.07, 6.45) is 5.84. The molecule has 0 fully saturated rings. The highest BCUT2D eigenvalue weighted by atomic mass is 16.3. The Balaban J connectivity index is 1.72. The van der Waals surface area contributed by atoms with E-state index in [-0.39, 0.29) is 12.0 Å². The van der Waals surface area contributed by atoms with Gasteiger partial charge in [0.15, 0.2) is 0 Å². The molecule has 0 aliphatic rings. The zero-order valence-electron chi connectivity index (χ0n) is 12.9. The summed E-state index contributed by atoms with van der Waals surface area (Å²) in [5.41, 5.74) is 2.38. The first-order valence-electron chi connectivity index (χ1n) is 7.51. The van der Waals surface area contributed by atoms with E-state index < -0.39 is 0 Å². The number of aliphatic hydroxyl groups excluding tert-OH is 1. The van der Waals surface area contributed by atoms with Gasteiger partial charge in [0.05, 0.1) is 5.69 Å². The molecule has 0 atom stereocenters. The molecule has 0 radical (unpaired) electrons. The molecule has 0 saturated carbocycles. The van der Waals surface area contributed by atoms with Crippen LogP contribution in [-0.4, -0.2) is 28.0 Å². The highest BCUT2D eigenvalue weighted by Crippen LogP contribution is 2.20. The van der Waals surface area contributed by atoms with Crippen LogP contribution in [0, 0.1) is 5.41 Å². The molecule has 1 aromatic heterocycles. The predicted molar refractivity (Wildman–Crippen MR) is 85.4 cm³/mol. The van der Waals surface area contributed by atoms with Crippen molar-refractivity contribution in [3.8, 4) is 5.69 Å². The normalized spacial score (nSPS) is 11.8. The molecule has 0 saturated heterocycles. The van der Waals surface area contributed by atoms with E-state index in [0.717, 1.165) is 31.6 Å². The molecule has 4 heteroatoms. The third-order valence-corrected chi connectivity index (χ3v) is 3.67. The number of nitrogens with one attached hydrogen (secondary N) is 1. The zero-order chi connectivity index (χ0) is 15.1. The number of nitrogens with zero attached hydrogens (tertiary/aromatic N) is 2. The summed E-state index contributed by atoms with van der Waals surface area (Å²) in [5, 5.41) is 16.9. The van der Waals surface area contributed by atoms with Crippen LogP contribution >= 0.6 is 0 Å². The summed E-state index contributed by atoms with van der Waals surface area (Å²) in [6.45, 7) is 6.30. The maximum absolute atomic E-state index is 9.21. The molecule has 1 heterocycles. The number of hydrogen-bond acceptors (Lipinski definition) is 3. The van der Waals surface area contributed by atoms with Crippen LogP contribution in [0.4, 0.5) is 0 Å². The van der Waals surface area contributed by atoms with Crippen molar-refractivity contribution >= 4 is 0 Å². The SMILES string of the molecule is CC(C)(CO)CCCNCc1ccc(-n2cccn2)cc1. The van der Waals surface area contributed by atoms with Crippen molar-refractivity contribution < 1.29 is 5.11 Å². The molecule has 0 aliphatic heterocycles. The van der Waals surface area contributed by atoms with E-state index >= 15 is 0 Å². The number of rotatable bonds is 8. The fraction of sp³-hybridized carbons (Fsp3) is 0.471. The average molecular weight is 287 g/mol. The van der Waals surface area contributed by atoms with E-state index in [9.17, 15) is 5.11 Å². The summed E-state index contributed by atoms with van der Waals surface area (Å²) in [5.74, 6) is 0. The molecule has 2 N–H and O–H groups in total. The minimum atomic E-state index is 0.0348. The van der Waals surface area contributed by atoms with Gasteiger partial charge in [-0.05, 0) is 48.6 Å². The van der Waals surface area contributed by atoms with Gasteiger partial charge in [0.1, 0.15) is 0 Å². The predicted octanol–water partition coefficient (Wildman–Crippen LogP) is 2.76. The number of hydrogen-bond donors (Lipinski definition) is 2.